The average molecular weight is 560 g/mol. The van der Waals surface area contributed by atoms with Gasteiger partial charge in [-0.25, -0.2) is 4.99 Å². The molecule has 0 aliphatic carbocycles. The van der Waals surface area contributed by atoms with E-state index in [1.54, 1.807) is 44.7 Å². The Bertz CT molecular complexity index is 1770. The Morgan fingerprint density at radius 3 is 2.12 bits per heavy atom. The van der Waals surface area contributed by atoms with E-state index in [4.69, 9.17) is 18.6 Å². The van der Waals surface area contributed by atoms with E-state index in [2.05, 4.69) is 11.1 Å². The van der Waals surface area contributed by atoms with Crippen LogP contribution in [0.2, 0.25) is 0 Å². The second kappa shape index (κ2) is 12.5. The Labute approximate surface area is 242 Å². The monoisotopic (exact) mass is 559 g/mol. The number of ether oxygens (including phenoxy) is 3. The molecule has 0 saturated heterocycles. The zero-order valence-corrected chi connectivity index (χ0v) is 22.8. The Morgan fingerprint density at radius 1 is 0.881 bits per heavy atom. The first-order valence-electron chi connectivity index (χ1n) is 12.8. The summed E-state index contributed by atoms with van der Waals surface area (Å²) in [5.41, 5.74) is 4.02. The van der Waals surface area contributed by atoms with Gasteiger partial charge in [-0.2, -0.15) is 5.26 Å². The van der Waals surface area contributed by atoms with E-state index in [1.807, 2.05) is 60.7 Å². The Kier molecular flexibility index (Phi) is 8.26. The molecule has 5 aromatic rings. The molecule has 0 fully saturated rings. The second-order valence-electron chi connectivity index (χ2n) is 9.10. The third kappa shape index (κ3) is 6.13. The number of rotatable bonds is 10. The Hall–Kier alpha value is -5.88. The molecule has 42 heavy (non-hydrogen) atoms. The molecule has 0 atom stereocenters. The lowest BCUT2D eigenvalue weighted by Gasteiger charge is -2.06. The molecule has 9 heteroatoms. The van der Waals surface area contributed by atoms with E-state index in [9.17, 15) is 15.4 Å². The van der Waals surface area contributed by atoms with Gasteiger partial charge in [0.15, 0.2) is 0 Å². The molecule has 0 bridgehead atoms. The minimum Gasteiger partial charge on any atom is -0.497 e. The Balaban J connectivity index is 1.44. The average Bonchev–Trinajstić information content (AvgIpc) is 3.41. The van der Waals surface area contributed by atoms with E-state index in [1.165, 1.54) is 12.1 Å². The van der Waals surface area contributed by atoms with Gasteiger partial charge in [-0.05, 0) is 77.4 Å². The minimum atomic E-state index is -0.440. The second-order valence-corrected chi connectivity index (χ2v) is 9.10. The molecule has 0 amide bonds. The van der Waals surface area contributed by atoms with Gasteiger partial charge in [-0.1, -0.05) is 24.3 Å². The summed E-state index contributed by atoms with van der Waals surface area (Å²) in [6.45, 7) is 0.242. The number of nitro groups is 1. The summed E-state index contributed by atoms with van der Waals surface area (Å²) in [6.07, 6.45) is 1.61. The van der Waals surface area contributed by atoms with E-state index in [0.717, 1.165) is 22.3 Å². The molecule has 0 radical (unpaired) electrons. The summed E-state index contributed by atoms with van der Waals surface area (Å²) in [7, 11) is 3.19. The van der Waals surface area contributed by atoms with Gasteiger partial charge >= 0.3 is 0 Å². The van der Waals surface area contributed by atoms with Crippen LogP contribution in [0.4, 0.5) is 11.6 Å². The van der Waals surface area contributed by atoms with Crippen molar-refractivity contribution < 1.29 is 23.6 Å². The number of nitrogens with zero attached hydrogens (tertiary/aromatic N) is 3. The van der Waals surface area contributed by atoms with Gasteiger partial charge in [0, 0.05) is 29.5 Å². The van der Waals surface area contributed by atoms with Crippen LogP contribution in [0.5, 0.6) is 17.2 Å². The fourth-order valence-corrected chi connectivity index (χ4v) is 4.29. The fraction of sp³-hybridized carbons (Fsp3) is 0.0909. The summed E-state index contributed by atoms with van der Waals surface area (Å²) in [5, 5.41) is 21.1. The van der Waals surface area contributed by atoms with Crippen LogP contribution >= 0.6 is 0 Å². The van der Waals surface area contributed by atoms with Crippen molar-refractivity contribution in [3.63, 3.8) is 0 Å². The molecule has 9 nitrogen and oxygen atoms in total. The third-order valence-electron chi connectivity index (χ3n) is 6.47. The first-order chi connectivity index (χ1) is 20.5. The van der Waals surface area contributed by atoms with Gasteiger partial charge in [-0.15, -0.1) is 0 Å². The molecule has 1 aromatic heterocycles. The topological polar surface area (TPSA) is 120 Å². The van der Waals surface area contributed by atoms with Crippen LogP contribution in [0.1, 0.15) is 16.7 Å². The van der Waals surface area contributed by atoms with Crippen molar-refractivity contribution in [3.8, 4) is 45.8 Å². The molecule has 1 heterocycles. The summed E-state index contributed by atoms with van der Waals surface area (Å²) in [6, 6.07) is 30.5. The van der Waals surface area contributed by atoms with Crippen LogP contribution in [0.15, 0.2) is 106 Å². The van der Waals surface area contributed by atoms with Gasteiger partial charge in [0.25, 0.3) is 5.69 Å². The highest BCUT2D eigenvalue weighted by atomic mass is 16.6. The molecule has 0 aliphatic heterocycles. The highest BCUT2D eigenvalue weighted by Crippen LogP contribution is 2.43. The van der Waals surface area contributed by atoms with Crippen LogP contribution in [-0.4, -0.2) is 25.4 Å². The third-order valence-corrected chi connectivity index (χ3v) is 6.47. The largest absolute Gasteiger partial charge is 0.497 e. The zero-order valence-electron chi connectivity index (χ0n) is 22.8. The SMILES string of the molecule is COc1ccc(-c2oc(N=Cc3cccc(OCc4ccc([N+](=O)[O-])cc4)c3)c(C#N)c2-c2ccc(OC)cc2)cc1. The number of hydrogen-bond donors (Lipinski definition) is 0. The lowest BCUT2D eigenvalue weighted by atomic mass is 9.98. The summed E-state index contributed by atoms with van der Waals surface area (Å²) >= 11 is 0. The van der Waals surface area contributed by atoms with Crippen molar-refractivity contribution in [2.45, 2.75) is 6.61 Å². The van der Waals surface area contributed by atoms with Crippen LogP contribution in [0.3, 0.4) is 0 Å². The number of non-ortho nitro benzene ring substituents is 1. The quantitative estimate of drug-likeness (QED) is 0.0975. The minimum absolute atomic E-state index is 0.0249. The molecule has 0 spiro atoms. The molecule has 0 saturated carbocycles. The number of hydrogen-bond acceptors (Lipinski definition) is 8. The number of nitro benzene ring substituents is 1. The molecule has 5 rings (SSSR count). The maximum Gasteiger partial charge on any atom is 0.269 e. The maximum atomic E-state index is 10.9. The normalized spacial score (nSPS) is 10.8. The van der Waals surface area contributed by atoms with Crippen LogP contribution in [0.25, 0.3) is 22.5 Å². The molecule has 0 aliphatic rings. The van der Waals surface area contributed by atoms with Gasteiger partial charge in [0.1, 0.15) is 41.2 Å². The molecule has 0 N–H and O–H groups in total. The maximum absolute atomic E-state index is 10.9. The number of aliphatic imine (C=N–C) groups is 1. The van der Waals surface area contributed by atoms with Gasteiger partial charge in [-0.3, -0.25) is 10.1 Å². The molecule has 0 unspecified atom stereocenters. The van der Waals surface area contributed by atoms with Crippen LogP contribution < -0.4 is 14.2 Å². The van der Waals surface area contributed by atoms with Crippen molar-refractivity contribution in [1.82, 2.24) is 0 Å². The van der Waals surface area contributed by atoms with Crippen molar-refractivity contribution in [1.29, 1.82) is 5.26 Å². The lowest BCUT2D eigenvalue weighted by Crippen LogP contribution is -1.96. The predicted molar refractivity (Wildman–Crippen MR) is 159 cm³/mol. The van der Waals surface area contributed by atoms with E-state index >= 15 is 0 Å². The van der Waals surface area contributed by atoms with Gasteiger partial charge in [0.05, 0.1) is 19.1 Å². The highest BCUT2D eigenvalue weighted by molar-refractivity contribution is 5.90. The van der Waals surface area contributed by atoms with Crippen molar-refractivity contribution in [2.75, 3.05) is 14.2 Å². The lowest BCUT2D eigenvalue weighted by molar-refractivity contribution is -0.384. The first-order valence-corrected chi connectivity index (χ1v) is 12.8. The number of benzene rings is 4. The summed E-state index contributed by atoms with van der Waals surface area (Å²) < 4.78 is 22.7. The fourth-order valence-electron chi connectivity index (χ4n) is 4.29. The van der Waals surface area contributed by atoms with Crippen LogP contribution in [0, 0.1) is 21.4 Å². The highest BCUT2D eigenvalue weighted by Gasteiger charge is 2.23. The molecule has 4 aromatic carbocycles. The smallest absolute Gasteiger partial charge is 0.269 e. The molecular weight excluding hydrogens is 534 g/mol. The predicted octanol–water partition coefficient (Wildman–Crippen LogP) is 7.74. The van der Waals surface area contributed by atoms with Crippen molar-refractivity contribution in [3.05, 3.63) is 124 Å². The Morgan fingerprint density at radius 2 is 1.52 bits per heavy atom. The van der Waals surface area contributed by atoms with E-state index in [0.29, 0.717) is 34.1 Å². The first kappa shape index (κ1) is 27.7. The number of furan rings is 1. The summed E-state index contributed by atoms with van der Waals surface area (Å²) in [4.78, 5) is 15.0. The molecular formula is C33H25N3O6. The van der Waals surface area contributed by atoms with Crippen molar-refractivity contribution >= 4 is 17.8 Å². The van der Waals surface area contributed by atoms with Crippen molar-refractivity contribution in [2.24, 2.45) is 4.99 Å². The standard InChI is InChI=1S/C33H25N3O6/c1-39-27-14-8-24(9-15-27)31-30(19-34)33(42-32(31)25-10-16-28(40-2)17-11-25)35-20-23-4-3-5-29(18-23)41-21-22-6-12-26(13-7-22)36(37)38/h3-18,20H,21H2,1-2H3. The molecule has 208 valence electrons. The van der Waals surface area contributed by atoms with Gasteiger partial charge in [0.2, 0.25) is 5.88 Å². The van der Waals surface area contributed by atoms with Crippen LogP contribution in [-0.2, 0) is 6.61 Å². The summed E-state index contributed by atoms with van der Waals surface area (Å²) in [5.74, 6) is 2.67. The number of nitriles is 1. The van der Waals surface area contributed by atoms with E-state index in [-0.39, 0.29) is 18.2 Å². The van der Waals surface area contributed by atoms with Gasteiger partial charge < -0.3 is 18.6 Å². The number of methoxy groups -OCH3 is 2. The zero-order chi connectivity index (χ0) is 29.5. The van der Waals surface area contributed by atoms with E-state index < -0.39 is 4.92 Å².